The molecule has 3 aromatic carbocycles. The van der Waals surface area contributed by atoms with Crippen LogP contribution in [-0.2, 0) is 28.3 Å². The second-order valence-corrected chi connectivity index (χ2v) is 8.29. The zero-order valence-corrected chi connectivity index (χ0v) is 18.6. The van der Waals surface area contributed by atoms with Gasteiger partial charge in [-0.3, -0.25) is 9.59 Å². The maximum absolute atomic E-state index is 13.3. The molecule has 0 aliphatic carbocycles. The molecule has 0 saturated carbocycles. The highest BCUT2D eigenvalue weighted by Gasteiger charge is 2.29. The summed E-state index contributed by atoms with van der Waals surface area (Å²) in [7, 11) is 1.62. The minimum Gasteiger partial charge on any atom is -0.357 e. The van der Waals surface area contributed by atoms with Crippen LogP contribution in [0.4, 0.5) is 0 Å². The van der Waals surface area contributed by atoms with E-state index in [1.165, 1.54) is 5.56 Å². The molecule has 1 atom stereocenters. The molecule has 0 aliphatic heterocycles. The van der Waals surface area contributed by atoms with Crippen LogP contribution in [0.3, 0.4) is 0 Å². The smallest absolute Gasteiger partial charge is 0.242 e. The van der Waals surface area contributed by atoms with Crippen LogP contribution in [0.25, 0.3) is 0 Å². The van der Waals surface area contributed by atoms with Gasteiger partial charge in [-0.1, -0.05) is 91.0 Å². The molecule has 3 aromatic rings. The van der Waals surface area contributed by atoms with Crippen molar-refractivity contribution in [3.8, 4) is 0 Å². The van der Waals surface area contributed by atoms with Crippen LogP contribution in [0, 0.1) is 0 Å². The molecular weight excluding hydrogens is 404 g/mol. The largest absolute Gasteiger partial charge is 0.357 e. The Morgan fingerprint density at radius 1 is 0.806 bits per heavy atom. The lowest BCUT2D eigenvalue weighted by Gasteiger charge is -2.31. The van der Waals surface area contributed by atoms with Crippen LogP contribution in [0.15, 0.2) is 91.0 Å². The van der Waals surface area contributed by atoms with Crippen molar-refractivity contribution in [2.24, 2.45) is 0 Å². The highest BCUT2D eigenvalue weighted by molar-refractivity contribution is 7.99. The van der Waals surface area contributed by atoms with Crippen molar-refractivity contribution >= 4 is 23.6 Å². The van der Waals surface area contributed by atoms with Gasteiger partial charge in [0, 0.05) is 25.8 Å². The Balaban J connectivity index is 1.78. The number of rotatable bonds is 10. The minimum absolute atomic E-state index is 0.0330. The van der Waals surface area contributed by atoms with Gasteiger partial charge in [0.25, 0.3) is 0 Å². The first kappa shape index (κ1) is 22.6. The molecule has 31 heavy (non-hydrogen) atoms. The third kappa shape index (κ3) is 7.00. The second kappa shape index (κ2) is 12.0. The molecule has 0 aromatic heterocycles. The van der Waals surface area contributed by atoms with Gasteiger partial charge < -0.3 is 10.2 Å². The summed E-state index contributed by atoms with van der Waals surface area (Å²) in [6.45, 7) is 0.399. The average molecular weight is 433 g/mol. The average Bonchev–Trinajstić information content (AvgIpc) is 2.82. The van der Waals surface area contributed by atoms with E-state index in [-0.39, 0.29) is 11.8 Å². The quantitative estimate of drug-likeness (QED) is 0.519. The third-order valence-electron chi connectivity index (χ3n) is 5.05. The van der Waals surface area contributed by atoms with Crippen LogP contribution in [0.1, 0.15) is 16.7 Å². The van der Waals surface area contributed by atoms with Gasteiger partial charge >= 0.3 is 0 Å². The first-order chi connectivity index (χ1) is 15.2. The van der Waals surface area contributed by atoms with E-state index in [2.05, 4.69) is 17.4 Å². The van der Waals surface area contributed by atoms with E-state index in [9.17, 15) is 9.59 Å². The molecule has 0 heterocycles. The van der Waals surface area contributed by atoms with Gasteiger partial charge in [0.2, 0.25) is 11.8 Å². The summed E-state index contributed by atoms with van der Waals surface area (Å²) in [5, 5.41) is 2.75. The van der Waals surface area contributed by atoms with Gasteiger partial charge in [0.05, 0.1) is 5.75 Å². The first-order valence-corrected chi connectivity index (χ1v) is 11.5. The predicted molar refractivity (Wildman–Crippen MR) is 128 cm³/mol. The zero-order chi connectivity index (χ0) is 21.9. The molecule has 0 bridgehead atoms. The molecule has 5 heteroatoms. The zero-order valence-electron chi connectivity index (χ0n) is 17.7. The van der Waals surface area contributed by atoms with E-state index in [1.807, 2.05) is 78.9 Å². The van der Waals surface area contributed by atoms with Crippen LogP contribution < -0.4 is 5.32 Å². The highest BCUT2D eigenvalue weighted by atomic mass is 32.2. The van der Waals surface area contributed by atoms with Gasteiger partial charge in [-0.05, 0) is 16.7 Å². The number of amides is 2. The van der Waals surface area contributed by atoms with E-state index in [0.29, 0.717) is 18.7 Å². The summed E-state index contributed by atoms with van der Waals surface area (Å²) in [6, 6.07) is 29.2. The van der Waals surface area contributed by atoms with Gasteiger partial charge in [0.15, 0.2) is 0 Å². The van der Waals surface area contributed by atoms with Gasteiger partial charge in [0.1, 0.15) is 6.04 Å². The molecule has 0 spiro atoms. The predicted octanol–water partition coefficient (Wildman–Crippen LogP) is 4.31. The number of carbonyl (C=O) groups is 2. The van der Waals surface area contributed by atoms with E-state index >= 15 is 0 Å². The molecular formula is C26H28N2O2S. The normalized spacial score (nSPS) is 11.5. The van der Waals surface area contributed by atoms with E-state index in [0.717, 1.165) is 16.9 Å². The lowest BCUT2D eigenvalue weighted by Crippen LogP contribution is -2.50. The van der Waals surface area contributed by atoms with Gasteiger partial charge in [-0.15, -0.1) is 11.8 Å². The third-order valence-corrected chi connectivity index (χ3v) is 6.04. The second-order valence-electron chi connectivity index (χ2n) is 7.31. The summed E-state index contributed by atoms with van der Waals surface area (Å²) >= 11 is 1.57. The summed E-state index contributed by atoms with van der Waals surface area (Å²) in [4.78, 5) is 27.9. The van der Waals surface area contributed by atoms with Crippen molar-refractivity contribution < 1.29 is 9.59 Å². The Labute approximate surface area is 188 Å². The SMILES string of the molecule is CNC(=O)[C@H](Cc1ccccc1)N(Cc1ccccc1)C(=O)CSCc1ccccc1. The summed E-state index contributed by atoms with van der Waals surface area (Å²) in [5.74, 6) is 0.898. The molecule has 0 unspecified atom stereocenters. The highest BCUT2D eigenvalue weighted by Crippen LogP contribution is 2.18. The maximum atomic E-state index is 13.3. The molecule has 0 aliphatic rings. The maximum Gasteiger partial charge on any atom is 0.242 e. The Bertz CT molecular complexity index is 949. The number of nitrogens with zero attached hydrogens (tertiary/aromatic N) is 1. The summed E-state index contributed by atoms with van der Waals surface area (Å²) < 4.78 is 0. The van der Waals surface area contributed by atoms with Crippen LogP contribution in [0.2, 0.25) is 0 Å². The van der Waals surface area contributed by atoms with Crippen molar-refractivity contribution in [1.82, 2.24) is 10.2 Å². The fourth-order valence-electron chi connectivity index (χ4n) is 3.41. The van der Waals surface area contributed by atoms with Crippen molar-refractivity contribution in [2.45, 2.75) is 24.8 Å². The molecule has 160 valence electrons. The van der Waals surface area contributed by atoms with Crippen molar-refractivity contribution in [2.75, 3.05) is 12.8 Å². The molecule has 2 amide bonds. The summed E-state index contributed by atoms with van der Waals surface area (Å²) in [6.07, 6.45) is 0.475. The molecule has 0 fully saturated rings. The van der Waals surface area contributed by atoms with Crippen LogP contribution in [-0.4, -0.2) is 35.6 Å². The monoisotopic (exact) mass is 432 g/mol. The fourth-order valence-corrected chi connectivity index (χ4v) is 4.28. The lowest BCUT2D eigenvalue weighted by molar-refractivity contribution is -0.139. The van der Waals surface area contributed by atoms with Gasteiger partial charge in [-0.2, -0.15) is 0 Å². The Hall–Kier alpha value is -3.05. The Kier molecular flexibility index (Phi) is 8.73. The molecule has 0 saturated heterocycles. The van der Waals surface area contributed by atoms with E-state index in [1.54, 1.807) is 23.7 Å². The van der Waals surface area contributed by atoms with E-state index in [4.69, 9.17) is 0 Å². The number of thioether (sulfide) groups is 1. The standard InChI is InChI=1S/C26H28N2O2S/c1-27-26(30)24(17-21-11-5-2-6-12-21)28(18-22-13-7-3-8-14-22)25(29)20-31-19-23-15-9-4-10-16-23/h2-16,24H,17-20H2,1H3,(H,27,30)/t24-/m0/s1. The van der Waals surface area contributed by atoms with Gasteiger partial charge in [-0.25, -0.2) is 0 Å². The van der Waals surface area contributed by atoms with Crippen LogP contribution in [0.5, 0.6) is 0 Å². The van der Waals surface area contributed by atoms with Crippen LogP contribution >= 0.6 is 11.8 Å². The topological polar surface area (TPSA) is 49.4 Å². The number of nitrogens with one attached hydrogen (secondary N) is 1. The number of hydrogen-bond donors (Lipinski definition) is 1. The molecule has 4 nitrogen and oxygen atoms in total. The molecule has 0 radical (unpaired) electrons. The number of hydrogen-bond acceptors (Lipinski definition) is 3. The van der Waals surface area contributed by atoms with Crippen molar-refractivity contribution in [3.63, 3.8) is 0 Å². The fraction of sp³-hybridized carbons (Fsp3) is 0.231. The van der Waals surface area contributed by atoms with Crippen molar-refractivity contribution in [3.05, 3.63) is 108 Å². The number of likely N-dealkylation sites (N-methyl/N-ethyl adjacent to an activating group) is 1. The molecule has 3 rings (SSSR count). The van der Waals surface area contributed by atoms with E-state index < -0.39 is 6.04 Å². The Morgan fingerprint density at radius 3 is 1.87 bits per heavy atom. The number of carbonyl (C=O) groups excluding carboxylic acids is 2. The Morgan fingerprint density at radius 2 is 1.32 bits per heavy atom. The molecule has 1 N–H and O–H groups in total. The summed E-state index contributed by atoms with van der Waals surface area (Å²) in [5.41, 5.74) is 3.21. The van der Waals surface area contributed by atoms with Crippen molar-refractivity contribution in [1.29, 1.82) is 0 Å². The minimum atomic E-state index is -0.572. The number of benzene rings is 3. The first-order valence-electron chi connectivity index (χ1n) is 10.4. The lowest BCUT2D eigenvalue weighted by atomic mass is 10.0.